The highest BCUT2D eigenvalue weighted by Crippen LogP contribution is 2.44. The van der Waals surface area contributed by atoms with Gasteiger partial charge >= 0.3 is 0 Å². The molecule has 0 aliphatic heterocycles. The Kier molecular flexibility index (Phi) is 2.84. The summed E-state index contributed by atoms with van der Waals surface area (Å²) in [5.41, 5.74) is 1.99. The molecule has 2 aliphatic rings. The molecule has 1 nitrogen and oxygen atoms in total. The minimum absolute atomic E-state index is 0.523. The van der Waals surface area contributed by atoms with Crippen molar-refractivity contribution >= 4 is 28.9 Å². The second-order valence-electron chi connectivity index (χ2n) is 5.07. The number of nitrogens with one attached hydrogen (secondary N) is 1. The SMILES string of the molecule is Cc1cc(Cl)c(NC2CC3CC=CC32)cc1Cl. The van der Waals surface area contributed by atoms with E-state index in [1.165, 1.54) is 12.8 Å². The Morgan fingerprint density at radius 1 is 1.24 bits per heavy atom. The van der Waals surface area contributed by atoms with Gasteiger partial charge in [-0.15, -0.1) is 0 Å². The van der Waals surface area contributed by atoms with Crippen LogP contribution in [0.5, 0.6) is 0 Å². The van der Waals surface area contributed by atoms with Gasteiger partial charge in [-0.3, -0.25) is 0 Å². The predicted octanol–water partition coefficient (Wildman–Crippen LogP) is 4.68. The smallest absolute Gasteiger partial charge is 0.0641 e. The summed E-state index contributed by atoms with van der Waals surface area (Å²) in [4.78, 5) is 0. The van der Waals surface area contributed by atoms with Gasteiger partial charge in [-0.05, 0) is 43.4 Å². The molecular weight excluding hydrogens is 253 g/mol. The van der Waals surface area contributed by atoms with Crippen LogP contribution in [-0.4, -0.2) is 6.04 Å². The number of anilines is 1. The number of benzene rings is 1. The summed E-state index contributed by atoms with van der Waals surface area (Å²) < 4.78 is 0. The average Bonchev–Trinajstić information content (AvgIpc) is 2.63. The molecule has 2 aliphatic carbocycles. The lowest BCUT2D eigenvalue weighted by molar-refractivity contribution is 0.218. The molecule has 3 heteroatoms. The fraction of sp³-hybridized carbons (Fsp3) is 0.429. The van der Waals surface area contributed by atoms with E-state index in [2.05, 4.69) is 17.5 Å². The number of allylic oxidation sites excluding steroid dienone is 1. The van der Waals surface area contributed by atoms with Gasteiger partial charge in [-0.25, -0.2) is 0 Å². The van der Waals surface area contributed by atoms with Crippen LogP contribution in [0.1, 0.15) is 18.4 Å². The number of halogens is 2. The molecule has 3 rings (SSSR count). The van der Waals surface area contributed by atoms with E-state index in [9.17, 15) is 0 Å². The predicted molar refractivity (Wildman–Crippen MR) is 74.0 cm³/mol. The van der Waals surface area contributed by atoms with Gasteiger partial charge in [0.15, 0.2) is 0 Å². The van der Waals surface area contributed by atoms with Crippen LogP contribution in [-0.2, 0) is 0 Å². The Morgan fingerprint density at radius 2 is 2.06 bits per heavy atom. The molecule has 0 amide bonds. The van der Waals surface area contributed by atoms with Gasteiger partial charge in [0.25, 0.3) is 0 Å². The van der Waals surface area contributed by atoms with Crippen LogP contribution >= 0.6 is 23.2 Å². The third-order valence-electron chi connectivity index (χ3n) is 3.95. The first kappa shape index (κ1) is 11.4. The lowest BCUT2D eigenvalue weighted by atomic mass is 9.71. The summed E-state index contributed by atoms with van der Waals surface area (Å²) in [5.74, 6) is 1.54. The quantitative estimate of drug-likeness (QED) is 0.768. The molecule has 0 aromatic heterocycles. The van der Waals surface area contributed by atoms with Gasteiger partial charge < -0.3 is 5.32 Å². The van der Waals surface area contributed by atoms with Crippen molar-refractivity contribution in [1.29, 1.82) is 0 Å². The topological polar surface area (TPSA) is 12.0 Å². The first-order valence-electron chi connectivity index (χ1n) is 6.04. The maximum atomic E-state index is 6.23. The summed E-state index contributed by atoms with van der Waals surface area (Å²) in [6, 6.07) is 4.38. The zero-order valence-electron chi connectivity index (χ0n) is 9.71. The molecule has 0 heterocycles. The van der Waals surface area contributed by atoms with E-state index >= 15 is 0 Å². The first-order chi connectivity index (χ1) is 8.15. The molecule has 1 saturated carbocycles. The molecule has 1 aromatic carbocycles. The molecule has 0 spiro atoms. The molecule has 0 radical (unpaired) electrons. The third kappa shape index (κ3) is 1.96. The van der Waals surface area contributed by atoms with Gasteiger partial charge in [-0.2, -0.15) is 0 Å². The van der Waals surface area contributed by atoms with Crippen LogP contribution in [0.2, 0.25) is 10.0 Å². The molecule has 90 valence electrons. The standard InChI is InChI=1S/C14H15Cl2N/c1-8-5-12(16)14(7-11(8)15)17-13-6-9-3-2-4-10(9)13/h2,4-5,7,9-10,13,17H,3,6H2,1H3. The van der Waals surface area contributed by atoms with Crippen LogP contribution < -0.4 is 5.32 Å². The van der Waals surface area contributed by atoms with Crippen molar-refractivity contribution in [1.82, 2.24) is 0 Å². The molecule has 1 N–H and O–H groups in total. The monoisotopic (exact) mass is 267 g/mol. The van der Waals surface area contributed by atoms with Crippen molar-refractivity contribution in [3.63, 3.8) is 0 Å². The normalized spacial score (nSPS) is 29.9. The number of hydrogen-bond donors (Lipinski definition) is 1. The summed E-state index contributed by atoms with van der Waals surface area (Å²) in [6.45, 7) is 1.97. The summed E-state index contributed by atoms with van der Waals surface area (Å²) >= 11 is 12.4. The second-order valence-corrected chi connectivity index (χ2v) is 5.88. The molecular formula is C14H15Cl2N. The van der Waals surface area contributed by atoms with E-state index in [1.54, 1.807) is 0 Å². The number of hydrogen-bond acceptors (Lipinski definition) is 1. The Balaban J connectivity index is 1.77. The van der Waals surface area contributed by atoms with Crippen LogP contribution in [0.3, 0.4) is 0 Å². The lowest BCUT2D eigenvalue weighted by Crippen LogP contribution is -2.43. The van der Waals surface area contributed by atoms with E-state index in [1.807, 2.05) is 19.1 Å². The summed E-state index contributed by atoms with van der Waals surface area (Å²) in [6.07, 6.45) is 7.10. The largest absolute Gasteiger partial charge is 0.380 e. The molecule has 3 unspecified atom stereocenters. The summed E-state index contributed by atoms with van der Waals surface area (Å²) in [7, 11) is 0. The average molecular weight is 268 g/mol. The van der Waals surface area contributed by atoms with Gasteiger partial charge in [0.1, 0.15) is 0 Å². The van der Waals surface area contributed by atoms with Crippen LogP contribution in [0, 0.1) is 18.8 Å². The van der Waals surface area contributed by atoms with Crippen molar-refractivity contribution < 1.29 is 0 Å². The molecule has 1 aromatic rings. The van der Waals surface area contributed by atoms with Crippen molar-refractivity contribution in [3.8, 4) is 0 Å². The van der Waals surface area contributed by atoms with E-state index in [0.29, 0.717) is 12.0 Å². The number of rotatable bonds is 2. The minimum Gasteiger partial charge on any atom is -0.380 e. The minimum atomic E-state index is 0.523. The molecule has 3 atom stereocenters. The first-order valence-corrected chi connectivity index (χ1v) is 6.79. The Hall–Kier alpha value is -0.660. The van der Waals surface area contributed by atoms with Crippen molar-refractivity contribution in [3.05, 3.63) is 39.9 Å². The van der Waals surface area contributed by atoms with Crippen LogP contribution in [0.4, 0.5) is 5.69 Å². The fourth-order valence-corrected chi connectivity index (χ4v) is 3.28. The lowest BCUT2D eigenvalue weighted by Gasteiger charge is -2.41. The number of aryl methyl sites for hydroxylation is 1. The highest BCUT2D eigenvalue weighted by Gasteiger charge is 2.41. The number of fused-ring (bicyclic) bond motifs is 1. The van der Waals surface area contributed by atoms with Crippen molar-refractivity contribution in [2.75, 3.05) is 5.32 Å². The van der Waals surface area contributed by atoms with Crippen LogP contribution in [0.25, 0.3) is 0 Å². The summed E-state index contributed by atoms with van der Waals surface area (Å²) in [5, 5.41) is 5.05. The Morgan fingerprint density at radius 3 is 2.82 bits per heavy atom. The van der Waals surface area contributed by atoms with Gasteiger partial charge in [-0.1, -0.05) is 35.4 Å². The molecule has 1 fully saturated rings. The highest BCUT2D eigenvalue weighted by atomic mass is 35.5. The maximum absolute atomic E-state index is 6.23. The van der Waals surface area contributed by atoms with E-state index in [0.717, 1.165) is 27.2 Å². The van der Waals surface area contributed by atoms with Gasteiger partial charge in [0, 0.05) is 17.0 Å². The molecule has 0 saturated heterocycles. The van der Waals surface area contributed by atoms with Crippen molar-refractivity contribution in [2.45, 2.75) is 25.8 Å². The van der Waals surface area contributed by atoms with E-state index < -0.39 is 0 Å². The Labute approximate surface area is 112 Å². The zero-order valence-corrected chi connectivity index (χ0v) is 11.2. The van der Waals surface area contributed by atoms with Crippen LogP contribution in [0.15, 0.2) is 24.3 Å². The second kappa shape index (κ2) is 4.22. The maximum Gasteiger partial charge on any atom is 0.0641 e. The van der Waals surface area contributed by atoms with Gasteiger partial charge in [0.05, 0.1) is 10.7 Å². The molecule has 0 bridgehead atoms. The van der Waals surface area contributed by atoms with E-state index in [-0.39, 0.29) is 0 Å². The highest BCUT2D eigenvalue weighted by molar-refractivity contribution is 6.35. The van der Waals surface area contributed by atoms with Gasteiger partial charge in [0.2, 0.25) is 0 Å². The van der Waals surface area contributed by atoms with E-state index in [4.69, 9.17) is 23.2 Å². The molecule has 17 heavy (non-hydrogen) atoms. The van der Waals surface area contributed by atoms with Crippen molar-refractivity contribution in [2.24, 2.45) is 11.8 Å². The third-order valence-corrected chi connectivity index (χ3v) is 4.67. The fourth-order valence-electron chi connectivity index (χ4n) is 2.84. The Bertz CT molecular complexity index is 481. The zero-order chi connectivity index (χ0) is 12.0.